The van der Waals surface area contributed by atoms with E-state index in [-0.39, 0.29) is 17.0 Å². The van der Waals surface area contributed by atoms with E-state index < -0.39 is 22.7 Å². The van der Waals surface area contributed by atoms with Crippen LogP contribution in [0.25, 0.3) is 10.2 Å². The third-order valence-electron chi connectivity index (χ3n) is 5.11. The summed E-state index contributed by atoms with van der Waals surface area (Å²) >= 11 is 1.18. The number of non-ortho nitro benzene ring substituents is 1. The van der Waals surface area contributed by atoms with Gasteiger partial charge in [0.2, 0.25) is 0 Å². The average molecular weight is 461 g/mol. The Morgan fingerprint density at radius 2 is 1.64 bits per heavy atom. The fourth-order valence-corrected chi connectivity index (χ4v) is 4.55. The largest absolute Gasteiger partial charge is 0.468 e. The number of methoxy groups -OCH3 is 1. The van der Waals surface area contributed by atoms with Crippen molar-refractivity contribution in [3.05, 3.63) is 105 Å². The van der Waals surface area contributed by atoms with Gasteiger partial charge in [-0.05, 0) is 17.2 Å². The molecule has 0 atom stereocenters. The van der Waals surface area contributed by atoms with Gasteiger partial charge in [-0.1, -0.05) is 72.0 Å². The van der Waals surface area contributed by atoms with Crippen molar-refractivity contribution >= 4 is 39.1 Å². The molecule has 4 rings (SSSR count). The summed E-state index contributed by atoms with van der Waals surface area (Å²) in [5.41, 5.74) is 1.88. The Morgan fingerprint density at radius 1 is 1.03 bits per heavy atom. The topological polar surface area (TPSA) is 104 Å². The van der Waals surface area contributed by atoms with E-state index in [1.54, 1.807) is 6.07 Å². The zero-order valence-electron chi connectivity index (χ0n) is 17.6. The summed E-state index contributed by atoms with van der Waals surface area (Å²) < 4.78 is 6.92. The Bertz CT molecular complexity index is 1350. The molecule has 0 aliphatic carbocycles. The van der Waals surface area contributed by atoms with Gasteiger partial charge >= 0.3 is 5.97 Å². The molecule has 0 fully saturated rings. The first-order chi connectivity index (χ1) is 16.0. The number of ether oxygens (including phenoxy) is 1. The minimum atomic E-state index is -0.640. The molecule has 0 aliphatic rings. The average Bonchev–Trinajstić information content (AvgIpc) is 3.16. The molecule has 1 aromatic heterocycles. The zero-order valence-corrected chi connectivity index (χ0v) is 18.4. The van der Waals surface area contributed by atoms with Crippen LogP contribution in [0.3, 0.4) is 0 Å². The predicted molar refractivity (Wildman–Crippen MR) is 124 cm³/mol. The molecule has 0 radical (unpaired) electrons. The van der Waals surface area contributed by atoms with Crippen LogP contribution in [0.2, 0.25) is 0 Å². The Kier molecular flexibility index (Phi) is 6.41. The molecule has 1 amide bonds. The van der Waals surface area contributed by atoms with E-state index in [0.29, 0.717) is 10.2 Å². The van der Waals surface area contributed by atoms with Gasteiger partial charge in [-0.3, -0.25) is 19.7 Å². The van der Waals surface area contributed by atoms with Crippen LogP contribution < -0.4 is 4.80 Å². The highest BCUT2D eigenvalue weighted by molar-refractivity contribution is 7.16. The van der Waals surface area contributed by atoms with Gasteiger partial charge in [0.1, 0.15) is 6.54 Å². The van der Waals surface area contributed by atoms with E-state index in [0.717, 1.165) is 11.1 Å². The molecule has 166 valence electrons. The lowest BCUT2D eigenvalue weighted by molar-refractivity contribution is -0.384. The molecule has 0 unspecified atom stereocenters. The van der Waals surface area contributed by atoms with Gasteiger partial charge in [-0.25, -0.2) is 0 Å². The molecule has 0 bridgehead atoms. The number of nitro groups is 1. The quantitative estimate of drug-likeness (QED) is 0.245. The van der Waals surface area contributed by atoms with Crippen molar-refractivity contribution in [1.82, 2.24) is 4.57 Å². The van der Waals surface area contributed by atoms with E-state index in [1.165, 1.54) is 35.1 Å². The van der Waals surface area contributed by atoms with Crippen molar-refractivity contribution in [2.24, 2.45) is 4.99 Å². The third kappa shape index (κ3) is 4.73. The first kappa shape index (κ1) is 22.1. The molecular formula is C24H19N3O5S. The number of nitro benzene ring substituents is 1. The maximum atomic E-state index is 13.5. The molecule has 0 aliphatic heterocycles. The number of nitrogens with zero attached hydrogens (tertiary/aromatic N) is 3. The number of rotatable bonds is 6. The smallest absolute Gasteiger partial charge is 0.325 e. The van der Waals surface area contributed by atoms with Gasteiger partial charge in [0.15, 0.2) is 4.80 Å². The van der Waals surface area contributed by atoms with Crippen LogP contribution in [0.1, 0.15) is 17.0 Å². The Balaban J connectivity index is 1.88. The molecule has 8 nitrogen and oxygen atoms in total. The van der Waals surface area contributed by atoms with Crippen LogP contribution in [-0.2, 0) is 20.9 Å². The van der Waals surface area contributed by atoms with Crippen LogP contribution in [-0.4, -0.2) is 28.5 Å². The minimum Gasteiger partial charge on any atom is -0.468 e. The summed E-state index contributed by atoms with van der Waals surface area (Å²) in [6, 6.07) is 22.9. The van der Waals surface area contributed by atoms with Crippen LogP contribution in [0.5, 0.6) is 0 Å². The fraction of sp³-hybridized carbons (Fsp3) is 0.125. The van der Waals surface area contributed by atoms with Gasteiger partial charge in [-0.2, -0.15) is 4.99 Å². The lowest BCUT2D eigenvalue weighted by Gasteiger charge is -2.14. The number of thiazole rings is 1. The summed E-state index contributed by atoms with van der Waals surface area (Å²) in [5, 5.41) is 11.3. The molecule has 3 aromatic carbocycles. The van der Waals surface area contributed by atoms with Crippen LogP contribution >= 0.6 is 11.3 Å². The molecule has 33 heavy (non-hydrogen) atoms. The van der Waals surface area contributed by atoms with Gasteiger partial charge < -0.3 is 9.30 Å². The van der Waals surface area contributed by atoms with Gasteiger partial charge in [-0.15, -0.1) is 0 Å². The number of hydrogen-bond donors (Lipinski definition) is 0. The summed E-state index contributed by atoms with van der Waals surface area (Å²) in [5.74, 6) is -1.61. The normalized spacial score (nSPS) is 11.6. The number of carbonyl (C=O) groups excluding carboxylic acids is 2. The molecule has 0 saturated heterocycles. The van der Waals surface area contributed by atoms with E-state index in [9.17, 15) is 19.7 Å². The summed E-state index contributed by atoms with van der Waals surface area (Å²) in [6.07, 6.45) is 0. The van der Waals surface area contributed by atoms with E-state index >= 15 is 0 Å². The number of benzene rings is 3. The van der Waals surface area contributed by atoms with Crippen molar-refractivity contribution in [2.75, 3.05) is 7.11 Å². The first-order valence-electron chi connectivity index (χ1n) is 10.0. The highest BCUT2D eigenvalue weighted by Gasteiger charge is 2.23. The third-order valence-corrected chi connectivity index (χ3v) is 6.17. The second-order valence-electron chi connectivity index (χ2n) is 7.16. The highest BCUT2D eigenvalue weighted by atomic mass is 32.1. The predicted octanol–water partition coefficient (Wildman–Crippen LogP) is 4.04. The second kappa shape index (κ2) is 9.58. The first-order valence-corrected chi connectivity index (χ1v) is 10.8. The number of carbonyl (C=O) groups is 2. The summed E-state index contributed by atoms with van der Waals surface area (Å²) in [4.78, 5) is 40.9. The maximum absolute atomic E-state index is 13.5. The monoisotopic (exact) mass is 461 g/mol. The SMILES string of the molecule is COC(=O)Cn1c(=NC(=O)C(c2ccccc2)c2ccccc2)sc2ccc([N+](=O)[O-])cc21. The van der Waals surface area contributed by atoms with Crippen LogP contribution in [0.4, 0.5) is 5.69 Å². The van der Waals surface area contributed by atoms with Crippen LogP contribution in [0.15, 0.2) is 83.9 Å². The van der Waals surface area contributed by atoms with Crippen molar-refractivity contribution < 1.29 is 19.2 Å². The molecular weight excluding hydrogens is 442 g/mol. The minimum absolute atomic E-state index is 0.122. The van der Waals surface area contributed by atoms with Crippen molar-refractivity contribution in [3.63, 3.8) is 0 Å². The van der Waals surface area contributed by atoms with Gasteiger partial charge in [0.05, 0.1) is 28.2 Å². The van der Waals surface area contributed by atoms with Crippen molar-refractivity contribution in [1.29, 1.82) is 0 Å². The number of amides is 1. The standard InChI is InChI=1S/C24H19N3O5S/c1-32-21(28)15-26-19-14-18(27(30)31)12-13-20(19)33-24(26)25-23(29)22(16-8-4-2-5-9-16)17-10-6-3-7-11-17/h2-14,22H,15H2,1H3. The second-order valence-corrected chi connectivity index (χ2v) is 8.17. The molecule has 0 N–H and O–H groups in total. The van der Waals surface area contributed by atoms with E-state index in [4.69, 9.17) is 4.74 Å². The molecule has 0 saturated carbocycles. The number of fused-ring (bicyclic) bond motifs is 1. The molecule has 0 spiro atoms. The van der Waals surface area contributed by atoms with E-state index in [1.807, 2.05) is 60.7 Å². The number of aromatic nitrogens is 1. The molecule has 1 heterocycles. The Morgan fingerprint density at radius 3 is 2.18 bits per heavy atom. The van der Waals surface area contributed by atoms with Crippen molar-refractivity contribution in [3.8, 4) is 0 Å². The van der Waals surface area contributed by atoms with Gasteiger partial charge in [0.25, 0.3) is 11.6 Å². The van der Waals surface area contributed by atoms with Gasteiger partial charge in [0, 0.05) is 12.1 Å². The fourth-order valence-electron chi connectivity index (χ4n) is 3.53. The van der Waals surface area contributed by atoms with Crippen molar-refractivity contribution in [2.45, 2.75) is 12.5 Å². The maximum Gasteiger partial charge on any atom is 0.325 e. The molecule has 4 aromatic rings. The summed E-state index contributed by atoms with van der Waals surface area (Å²) in [6.45, 7) is -0.231. The van der Waals surface area contributed by atoms with E-state index in [2.05, 4.69) is 4.99 Å². The lowest BCUT2D eigenvalue weighted by Crippen LogP contribution is -2.24. The number of hydrogen-bond acceptors (Lipinski definition) is 6. The zero-order chi connectivity index (χ0) is 23.4. The highest BCUT2D eigenvalue weighted by Crippen LogP contribution is 2.27. The lowest BCUT2D eigenvalue weighted by atomic mass is 9.91. The Hall–Kier alpha value is -4.11. The molecule has 9 heteroatoms. The summed E-state index contributed by atoms with van der Waals surface area (Å²) in [7, 11) is 1.25. The van der Waals surface area contributed by atoms with Crippen LogP contribution in [0, 0.1) is 10.1 Å². The Labute approximate surface area is 192 Å². The number of esters is 1.